The van der Waals surface area contributed by atoms with Crippen LogP contribution in [0.2, 0.25) is 0 Å². The van der Waals surface area contributed by atoms with Gasteiger partial charge >= 0.3 is 5.97 Å². The van der Waals surface area contributed by atoms with Crippen molar-refractivity contribution in [1.82, 2.24) is 0 Å². The molecule has 3 aromatic carbocycles. The van der Waals surface area contributed by atoms with Crippen molar-refractivity contribution in [2.45, 2.75) is 38.2 Å². The van der Waals surface area contributed by atoms with Crippen molar-refractivity contribution in [3.8, 4) is 5.75 Å². The SMILES string of the molecule is O=C(O)CCc1ccccc1OCCC/C=C/c1cccc([C@H](O)Cc2ccccc2)c1. The van der Waals surface area contributed by atoms with E-state index in [-0.39, 0.29) is 6.42 Å². The van der Waals surface area contributed by atoms with Crippen LogP contribution in [0.3, 0.4) is 0 Å². The Hall–Kier alpha value is -3.37. The van der Waals surface area contributed by atoms with Gasteiger partial charge in [0.2, 0.25) is 0 Å². The number of aryl methyl sites for hydroxylation is 1. The van der Waals surface area contributed by atoms with Gasteiger partial charge in [0.25, 0.3) is 0 Å². The van der Waals surface area contributed by atoms with E-state index in [4.69, 9.17) is 9.84 Å². The zero-order valence-corrected chi connectivity index (χ0v) is 18.2. The topological polar surface area (TPSA) is 66.8 Å². The first-order valence-electron chi connectivity index (χ1n) is 11.0. The van der Waals surface area contributed by atoms with Crippen LogP contribution >= 0.6 is 0 Å². The molecule has 0 spiro atoms. The summed E-state index contributed by atoms with van der Waals surface area (Å²) < 4.78 is 5.87. The van der Waals surface area contributed by atoms with Crippen molar-refractivity contribution in [1.29, 1.82) is 0 Å². The number of para-hydroxylation sites is 1. The molecular weight excluding hydrogens is 400 g/mol. The summed E-state index contributed by atoms with van der Waals surface area (Å²) in [4.78, 5) is 10.8. The summed E-state index contributed by atoms with van der Waals surface area (Å²) in [5, 5.41) is 19.5. The lowest BCUT2D eigenvalue weighted by Crippen LogP contribution is -2.02. The monoisotopic (exact) mass is 430 g/mol. The normalized spacial score (nSPS) is 12.0. The number of hydrogen-bond donors (Lipinski definition) is 2. The van der Waals surface area contributed by atoms with Crippen molar-refractivity contribution in [3.63, 3.8) is 0 Å². The van der Waals surface area contributed by atoms with Gasteiger partial charge in [-0.1, -0.05) is 78.9 Å². The summed E-state index contributed by atoms with van der Waals surface area (Å²) in [5.74, 6) is -0.0422. The second-order valence-corrected chi connectivity index (χ2v) is 7.77. The van der Waals surface area contributed by atoms with Crippen LogP contribution in [0.15, 0.2) is 84.9 Å². The number of ether oxygens (including phenoxy) is 1. The van der Waals surface area contributed by atoms with Gasteiger partial charge in [0.1, 0.15) is 5.75 Å². The fourth-order valence-electron chi connectivity index (χ4n) is 3.52. The van der Waals surface area contributed by atoms with Gasteiger partial charge in [-0.15, -0.1) is 0 Å². The van der Waals surface area contributed by atoms with Crippen molar-refractivity contribution in [2.24, 2.45) is 0 Å². The average molecular weight is 431 g/mol. The van der Waals surface area contributed by atoms with E-state index >= 15 is 0 Å². The molecule has 0 aliphatic heterocycles. The molecule has 0 aromatic heterocycles. The van der Waals surface area contributed by atoms with Gasteiger partial charge in [-0.2, -0.15) is 0 Å². The predicted molar refractivity (Wildman–Crippen MR) is 128 cm³/mol. The van der Waals surface area contributed by atoms with Gasteiger partial charge < -0.3 is 14.9 Å². The number of rotatable bonds is 12. The van der Waals surface area contributed by atoms with Crippen LogP contribution in [-0.4, -0.2) is 22.8 Å². The number of carbonyl (C=O) groups is 1. The number of hydrogen-bond acceptors (Lipinski definition) is 3. The molecule has 32 heavy (non-hydrogen) atoms. The first-order valence-corrected chi connectivity index (χ1v) is 11.0. The van der Waals surface area contributed by atoms with Gasteiger partial charge in [-0.25, -0.2) is 0 Å². The molecule has 1 atom stereocenters. The Kier molecular flexibility index (Phi) is 9.08. The Bertz CT molecular complexity index is 1010. The van der Waals surface area contributed by atoms with Crippen molar-refractivity contribution in [3.05, 3.63) is 107 Å². The first-order chi connectivity index (χ1) is 15.6. The molecule has 166 valence electrons. The van der Waals surface area contributed by atoms with E-state index in [9.17, 15) is 9.90 Å². The summed E-state index contributed by atoms with van der Waals surface area (Å²) >= 11 is 0. The Morgan fingerprint density at radius 1 is 0.969 bits per heavy atom. The molecule has 0 saturated heterocycles. The van der Waals surface area contributed by atoms with Crippen LogP contribution < -0.4 is 4.74 Å². The molecule has 4 heteroatoms. The standard InChI is InChI=1S/C28H30O4/c29-26(21-23-11-3-1-4-12-23)25-15-9-13-22(20-25)10-5-2-8-19-32-27-16-7-6-14-24(27)17-18-28(30)31/h1,3-7,9-16,20,26,29H,2,8,17-19,21H2,(H,30,31)/b10-5+/t26-/m1/s1. The third-order valence-electron chi connectivity index (χ3n) is 5.23. The van der Waals surface area contributed by atoms with Gasteiger partial charge in [0.05, 0.1) is 12.7 Å². The molecular formula is C28H30O4. The van der Waals surface area contributed by atoms with Crippen LogP contribution in [0.4, 0.5) is 0 Å². The number of carboxylic acid groups (broad SMARTS) is 1. The maximum Gasteiger partial charge on any atom is 0.303 e. The summed E-state index contributed by atoms with van der Waals surface area (Å²) in [6.07, 6.45) is 6.55. The fraction of sp³-hybridized carbons (Fsp3) is 0.250. The lowest BCUT2D eigenvalue weighted by molar-refractivity contribution is -0.136. The Balaban J connectivity index is 1.45. The number of unbranched alkanes of at least 4 members (excludes halogenated alkanes) is 1. The molecule has 0 radical (unpaired) electrons. The molecule has 2 N–H and O–H groups in total. The van der Waals surface area contributed by atoms with E-state index < -0.39 is 12.1 Å². The number of aliphatic hydroxyl groups excluding tert-OH is 1. The van der Waals surface area contributed by atoms with E-state index in [1.54, 1.807) is 0 Å². The zero-order chi connectivity index (χ0) is 22.6. The lowest BCUT2D eigenvalue weighted by Gasteiger charge is -2.12. The van der Waals surface area contributed by atoms with Gasteiger partial charge in [0.15, 0.2) is 0 Å². The Morgan fingerprint density at radius 2 is 1.75 bits per heavy atom. The number of aliphatic carboxylic acids is 1. The average Bonchev–Trinajstić information content (AvgIpc) is 2.81. The Labute approximate surface area is 189 Å². The van der Waals surface area contributed by atoms with Crippen LogP contribution in [0, 0.1) is 0 Å². The summed E-state index contributed by atoms with van der Waals surface area (Å²) in [6.45, 7) is 0.574. The molecule has 3 aromatic rings. The second kappa shape index (κ2) is 12.5. The smallest absolute Gasteiger partial charge is 0.303 e. The van der Waals surface area contributed by atoms with Crippen molar-refractivity contribution in [2.75, 3.05) is 6.61 Å². The zero-order valence-electron chi connectivity index (χ0n) is 18.2. The van der Waals surface area contributed by atoms with Crippen molar-refractivity contribution < 1.29 is 19.7 Å². The predicted octanol–water partition coefficient (Wildman–Crippen LogP) is 5.85. The van der Waals surface area contributed by atoms with E-state index in [2.05, 4.69) is 12.2 Å². The van der Waals surface area contributed by atoms with Crippen LogP contribution in [0.1, 0.15) is 47.6 Å². The third kappa shape index (κ3) is 7.71. The van der Waals surface area contributed by atoms with Crippen LogP contribution in [0.25, 0.3) is 6.08 Å². The van der Waals surface area contributed by atoms with Crippen molar-refractivity contribution >= 4 is 12.0 Å². The van der Waals surface area contributed by atoms with Gasteiger partial charge in [0, 0.05) is 12.8 Å². The van der Waals surface area contributed by atoms with Crippen LogP contribution in [-0.2, 0) is 17.6 Å². The number of benzene rings is 3. The molecule has 0 saturated carbocycles. The molecule has 0 aliphatic carbocycles. The van der Waals surface area contributed by atoms with E-state index in [1.165, 1.54) is 0 Å². The Morgan fingerprint density at radius 3 is 2.56 bits per heavy atom. The minimum Gasteiger partial charge on any atom is -0.493 e. The molecule has 0 amide bonds. The highest BCUT2D eigenvalue weighted by molar-refractivity contribution is 5.67. The van der Waals surface area contributed by atoms with E-state index in [0.717, 1.165) is 40.8 Å². The number of allylic oxidation sites excluding steroid dienone is 1. The van der Waals surface area contributed by atoms with Gasteiger partial charge in [-0.05, 0) is 53.6 Å². The number of carboxylic acids is 1. The summed E-state index contributed by atoms with van der Waals surface area (Å²) in [6, 6.07) is 25.6. The number of aliphatic hydroxyl groups is 1. The minimum atomic E-state index is -0.804. The largest absolute Gasteiger partial charge is 0.493 e. The highest BCUT2D eigenvalue weighted by atomic mass is 16.5. The fourth-order valence-corrected chi connectivity index (χ4v) is 3.52. The molecule has 3 rings (SSSR count). The third-order valence-corrected chi connectivity index (χ3v) is 5.23. The van der Waals surface area contributed by atoms with E-state index in [0.29, 0.717) is 19.4 Å². The second-order valence-electron chi connectivity index (χ2n) is 7.77. The summed E-state index contributed by atoms with van der Waals surface area (Å²) in [7, 11) is 0. The lowest BCUT2D eigenvalue weighted by atomic mass is 9.99. The maximum absolute atomic E-state index is 10.8. The van der Waals surface area contributed by atoms with Crippen LogP contribution in [0.5, 0.6) is 5.75 Å². The quantitative estimate of drug-likeness (QED) is 0.354. The molecule has 4 nitrogen and oxygen atoms in total. The molecule has 0 fully saturated rings. The molecule has 0 bridgehead atoms. The van der Waals surface area contributed by atoms with E-state index in [1.807, 2.05) is 78.9 Å². The minimum absolute atomic E-state index is 0.0994. The maximum atomic E-state index is 10.8. The summed E-state index contributed by atoms with van der Waals surface area (Å²) in [5.41, 5.74) is 4.02. The molecule has 0 heterocycles. The molecule has 0 aliphatic rings. The highest BCUT2D eigenvalue weighted by Crippen LogP contribution is 2.21. The first kappa shape index (κ1) is 23.3. The van der Waals surface area contributed by atoms with Gasteiger partial charge in [-0.3, -0.25) is 4.79 Å². The highest BCUT2D eigenvalue weighted by Gasteiger charge is 2.08. The molecule has 0 unspecified atom stereocenters.